The third-order valence-electron chi connectivity index (χ3n) is 2.73. The van der Waals surface area contributed by atoms with Crippen LogP contribution in [0.4, 0.5) is 5.95 Å². The highest BCUT2D eigenvalue weighted by molar-refractivity contribution is 5.76. The van der Waals surface area contributed by atoms with E-state index < -0.39 is 0 Å². The van der Waals surface area contributed by atoms with Crippen molar-refractivity contribution >= 4 is 11.9 Å². The van der Waals surface area contributed by atoms with Gasteiger partial charge in [-0.15, -0.1) is 0 Å². The largest absolute Gasteiger partial charge is 0.383 e. The molecule has 0 bridgehead atoms. The molecule has 1 aromatic carbocycles. The van der Waals surface area contributed by atoms with E-state index in [1.165, 1.54) is 0 Å². The molecular weight excluding hydrogens is 272 g/mol. The number of tetrazole rings is 1. The van der Waals surface area contributed by atoms with Gasteiger partial charge in [-0.05, 0) is 22.6 Å². The van der Waals surface area contributed by atoms with E-state index in [0.29, 0.717) is 32.1 Å². The molecule has 0 radical (unpaired) electrons. The number of nitrogens with zero attached hydrogens (tertiary/aromatic N) is 4. The molecule has 0 fully saturated rings. The molecule has 2 N–H and O–H groups in total. The zero-order valence-electron chi connectivity index (χ0n) is 11.8. The van der Waals surface area contributed by atoms with Crippen LogP contribution in [0.2, 0.25) is 0 Å². The first-order valence-electron chi connectivity index (χ1n) is 6.64. The van der Waals surface area contributed by atoms with Crippen molar-refractivity contribution in [2.75, 3.05) is 32.1 Å². The van der Waals surface area contributed by atoms with Crippen LogP contribution in [0, 0.1) is 0 Å². The van der Waals surface area contributed by atoms with Crippen LogP contribution < -0.4 is 10.6 Å². The first-order chi connectivity index (χ1) is 10.3. The van der Waals surface area contributed by atoms with Gasteiger partial charge in [0.2, 0.25) is 11.9 Å². The van der Waals surface area contributed by atoms with Crippen molar-refractivity contribution in [2.45, 2.75) is 6.42 Å². The molecule has 1 aromatic heterocycles. The van der Waals surface area contributed by atoms with Crippen LogP contribution in [0.25, 0.3) is 5.69 Å². The molecule has 0 saturated heterocycles. The summed E-state index contributed by atoms with van der Waals surface area (Å²) in [4.78, 5) is 11.5. The number of methoxy groups -OCH3 is 1. The molecule has 2 rings (SSSR count). The topological polar surface area (TPSA) is 94.0 Å². The average molecular weight is 290 g/mol. The molecule has 8 heteroatoms. The average Bonchev–Trinajstić information content (AvgIpc) is 2.97. The van der Waals surface area contributed by atoms with Crippen LogP contribution in [0.15, 0.2) is 30.3 Å². The second-order valence-corrected chi connectivity index (χ2v) is 4.27. The predicted octanol–water partition coefficient (Wildman–Crippen LogP) is 0.227. The molecule has 0 aliphatic rings. The number of anilines is 1. The highest BCUT2D eigenvalue weighted by Gasteiger charge is 2.08. The third-order valence-corrected chi connectivity index (χ3v) is 2.73. The maximum Gasteiger partial charge on any atom is 0.247 e. The smallest absolute Gasteiger partial charge is 0.247 e. The summed E-state index contributed by atoms with van der Waals surface area (Å²) in [5.41, 5.74) is 0.856. The molecule has 0 atom stereocenters. The summed E-state index contributed by atoms with van der Waals surface area (Å²) < 4.78 is 6.45. The van der Waals surface area contributed by atoms with E-state index in [1.807, 2.05) is 30.3 Å². The van der Waals surface area contributed by atoms with Crippen LogP contribution in [0.5, 0.6) is 0 Å². The van der Waals surface area contributed by atoms with Crippen molar-refractivity contribution in [1.82, 2.24) is 25.5 Å². The molecule has 1 amide bonds. The minimum atomic E-state index is -0.0433. The van der Waals surface area contributed by atoms with E-state index in [4.69, 9.17) is 4.74 Å². The van der Waals surface area contributed by atoms with E-state index in [1.54, 1.807) is 11.8 Å². The Labute approximate surface area is 122 Å². The number of aromatic nitrogens is 4. The Kier molecular flexibility index (Phi) is 5.65. The summed E-state index contributed by atoms with van der Waals surface area (Å²) in [6.07, 6.45) is 0.339. The lowest BCUT2D eigenvalue weighted by Crippen LogP contribution is -2.28. The van der Waals surface area contributed by atoms with Gasteiger partial charge in [0.15, 0.2) is 0 Å². The molecule has 21 heavy (non-hydrogen) atoms. The molecular formula is C13H18N6O2. The van der Waals surface area contributed by atoms with Gasteiger partial charge in [0, 0.05) is 26.6 Å². The Hall–Kier alpha value is -2.48. The second kappa shape index (κ2) is 7.95. The van der Waals surface area contributed by atoms with Gasteiger partial charge < -0.3 is 15.4 Å². The Balaban J connectivity index is 1.82. The first-order valence-corrected chi connectivity index (χ1v) is 6.64. The van der Waals surface area contributed by atoms with Crippen LogP contribution in [-0.4, -0.2) is 52.9 Å². The fourth-order valence-electron chi connectivity index (χ4n) is 1.71. The number of amides is 1. The van der Waals surface area contributed by atoms with Gasteiger partial charge in [0.25, 0.3) is 0 Å². The minimum absolute atomic E-state index is 0.0433. The number of hydrogen-bond donors (Lipinski definition) is 2. The number of para-hydroxylation sites is 1. The van der Waals surface area contributed by atoms with E-state index >= 15 is 0 Å². The molecule has 1 heterocycles. The van der Waals surface area contributed by atoms with Crippen LogP contribution in [0.3, 0.4) is 0 Å². The number of hydrogen-bond acceptors (Lipinski definition) is 6. The van der Waals surface area contributed by atoms with Crippen molar-refractivity contribution in [3.63, 3.8) is 0 Å². The number of benzene rings is 1. The summed E-state index contributed by atoms with van der Waals surface area (Å²) in [5, 5.41) is 17.3. The van der Waals surface area contributed by atoms with Crippen molar-refractivity contribution in [3.05, 3.63) is 30.3 Å². The molecule has 2 aromatic rings. The number of carbonyl (C=O) groups excluding carboxylic acids is 1. The summed E-state index contributed by atoms with van der Waals surface area (Å²) in [6.45, 7) is 1.47. The van der Waals surface area contributed by atoms with Gasteiger partial charge in [-0.1, -0.05) is 23.3 Å². The number of nitrogens with one attached hydrogen (secondary N) is 2. The SMILES string of the molecule is COCCNC(=O)CCNc1nnnn1-c1ccccc1. The van der Waals surface area contributed by atoms with E-state index in [9.17, 15) is 4.79 Å². The van der Waals surface area contributed by atoms with E-state index in [-0.39, 0.29) is 5.91 Å². The van der Waals surface area contributed by atoms with Gasteiger partial charge in [-0.2, -0.15) is 4.68 Å². The monoisotopic (exact) mass is 290 g/mol. The molecule has 8 nitrogen and oxygen atoms in total. The number of rotatable bonds is 8. The van der Waals surface area contributed by atoms with Gasteiger partial charge in [-0.3, -0.25) is 4.79 Å². The number of ether oxygens (including phenoxy) is 1. The van der Waals surface area contributed by atoms with Crippen molar-refractivity contribution in [3.8, 4) is 5.69 Å². The molecule has 112 valence electrons. The van der Waals surface area contributed by atoms with Crippen molar-refractivity contribution in [2.24, 2.45) is 0 Å². The summed E-state index contributed by atoms with van der Waals surface area (Å²) in [6, 6.07) is 9.54. The molecule has 0 saturated carbocycles. The van der Waals surface area contributed by atoms with E-state index in [0.717, 1.165) is 5.69 Å². The Morgan fingerprint density at radius 3 is 2.86 bits per heavy atom. The van der Waals surface area contributed by atoms with Gasteiger partial charge in [0.1, 0.15) is 0 Å². The van der Waals surface area contributed by atoms with Crippen LogP contribution in [-0.2, 0) is 9.53 Å². The Morgan fingerprint density at radius 1 is 1.29 bits per heavy atom. The lowest BCUT2D eigenvalue weighted by atomic mass is 10.3. The van der Waals surface area contributed by atoms with Crippen LogP contribution in [0.1, 0.15) is 6.42 Å². The summed E-state index contributed by atoms with van der Waals surface area (Å²) in [5.74, 6) is 0.462. The molecule has 0 aliphatic carbocycles. The predicted molar refractivity (Wildman–Crippen MR) is 77.1 cm³/mol. The minimum Gasteiger partial charge on any atom is -0.383 e. The van der Waals surface area contributed by atoms with Crippen molar-refractivity contribution in [1.29, 1.82) is 0 Å². The van der Waals surface area contributed by atoms with Gasteiger partial charge in [-0.25, -0.2) is 0 Å². The summed E-state index contributed by atoms with van der Waals surface area (Å²) in [7, 11) is 1.59. The fraction of sp³-hybridized carbons (Fsp3) is 0.385. The maximum atomic E-state index is 11.5. The van der Waals surface area contributed by atoms with Crippen LogP contribution >= 0.6 is 0 Å². The fourth-order valence-corrected chi connectivity index (χ4v) is 1.71. The highest BCUT2D eigenvalue weighted by Crippen LogP contribution is 2.10. The standard InChI is InChI=1S/C13H18N6O2/c1-21-10-9-14-12(20)7-8-15-13-16-17-18-19(13)11-5-3-2-4-6-11/h2-6H,7-10H2,1H3,(H,14,20)(H,15,16,18). The van der Waals surface area contributed by atoms with Gasteiger partial charge >= 0.3 is 0 Å². The normalized spacial score (nSPS) is 10.3. The zero-order valence-corrected chi connectivity index (χ0v) is 11.8. The second-order valence-electron chi connectivity index (χ2n) is 4.27. The first kappa shape index (κ1) is 14.9. The molecule has 0 aliphatic heterocycles. The quantitative estimate of drug-likeness (QED) is 0.676. The lowest BCUT2D eigenvalue weighted by molar-refractivity contribution is -0.121. The van der Waals surface area contributed by atoms with Gasteiger partial charge in [0.05, 0.1) is 12.3 Å². The van der Waals surface area contributed by atoms with Crippen molar-refractivity contribution < 1.29 is 9.53 Å². The molecule has 0 spiro atoms. The Bertz CT molecular complexity index is 557. The number of carbonyl (C=O) groups is 1. The zero-order chi connectivity index (χ0) is 14.9. The Morgan fingerprint density at radius 2 is 2.10 bits per heavy atom. The molecule has 0 unspecified atom stereocenters. The summed E-state index contributed by atoms with van der Waals surface area (Å²) >= 11 is 0. The lowest BCUT2D eigenvalue weighted by Gasteiger charge is -2.07. The highest BCUT2D eigenvalue weighted by atomic mass is 16.5. The third kappa shape index (κ3) is 4.53. The van der Waals surface area contributed by atoms with E-state index in [2.05, 4.69) is 26.2 Å². The maximum absolute atomic E-state index is 11.5.